The maximum Gasteiger partial charge on any atom is 0.323 e. The van der Waals surface area contributed by atoms with E-state index in [2.05, 4.69) is 4.98 Å². The van der Waals surface area contributed by atoms with E-state index in [1.165, 1.54) is 11.3 Å². The predicted molar refractivity (Wildman–Crippen MR) is 73.0 cm³/mol. The summed E-state index contributed by atoms with van der Waals surface area (Å²) in [5.41, 5.74) is -0.0812. The van der Waals surface area contributed by atoms with Gasteiger partial charge in [0.15, 0.2) is 10.8 Å². The molecule has 0 spiro atoms. The summed E-state index contributed by atoms with van der Waals surface area (Å²) in [4.78, 5) is 17.4. The molecule has 0 aromatic carbocycles. The summed E-state index contributed by atoms with van der Waals surface area (Å²) < 4.78 is 5.28. The molecule has 0 aliphatic heterocycles. The second-order valence-electron chi connectivity index (χ2n) is 4.84. The van der Waals surface area contributed by atoms with Gasteiger partial charge < -0.3 is 9.52 Å². The van der Waals surface area contributed by atoms with E-state index >= 15 is 0 Å². The Hall–Kier alpha value is -1.66. The van der Waals surface area contributed by atoms with Crippen LogP contribution in [0.2, 0.25) is 0 Å². The van der Waals surface area contributed by atoms with Crippen LogP contribution < -0.4 is 0 Å². The molecule has 2 heterocycles. The third-order valence-electron chi connectivity index (χ3n) is 3.16. The molecule has 2 rings (SSSR count). The number of hydrogen-bond donors (Lipinski definition) is 1. The van der Waals surface area contributed by atoms with Crippen LogP contribution in [0.15, 0.2) is 28.2 Å². The molecule has 1 N–H and O–H groups in total. The van der Waals surface area contributed by atoms with E-state index in [4.69, 9.17) is 4.42 Å². The monoisotopic (exact) mass is 280 g/mol. The molecule has 0 saturated carbocycles. The fourth-order valence-electron chi connectivity index (χ4n) is 1.50. The zero-order valence-corrected chi connectivity index (χ0v) is 11.9. The van der Waals surface area contributed by atoms with Crippen molar-refractivity contribution in [2.75, 3.05) is 7.05 Å². The Balaban J connectivity index is 2.11. The first-order valence-corrected chi connectivity index (χ1v) is 6.72. The van der Waals surface area contributed by atoms with E-state index in [0.29, 0.717) is 6.54 Å². The van der Waals surface area contributed by atoms with Gasteiger partial charge in [0.1, 0.15) is 5.54 Å². The van der Waals surface area contributed by atoms with E-state index in [9.17, 15) is 9.90 Å². The molecule has 0 saturated heterocycles. The molecule has 0 aliphatic carbocycles. The highest BCUT2D eigenvalue weighted by atomic mass is 32.1. The highest BCUT2D eigenvalue weighted by Crippen LogP contribution is 2.25. The average Bonchev–Trinajstić information content (AvgIpc) is 2.97. The normalized spacial score (nSPS) is 12.0. The maximum absolute atomic E-state index is 11.2. The third kappa shape index (κ3) is 2.85. The van der Waals surface area contributed by atoms with E-state index in [1.807, 2.05) is 17.5 Å². The van der Waals surface area contributed by atoms with Gasteiger partial charge in [0, 0.05) is 11.9 Å². The highest BCUT2D eigenvalue weighted by Gasteiger charge is 2.32. The first kappa shape index (κ1) is 13.8. The molecular weight excluding hydrogens is 264 g/mol. The molecule has 5 nitrogen and oxygen atoms in total. The van der Waals surface area contributed by atoms with Crippen LogP contribution in [0.25, 0.3) is 10.8 Å². The number of aliphatic carboxylic acids is 1. The number of carboxylic acids is 1. The minimum absolute atomic E-state index is 0.483. The zero-order chi connectivity index (χ0) is 14.0. The van der Waals surface area contributed by atoms with Crippen LogP contribution in [0.5, 0.6) is 0 Å². The lowest BCUT2D eigenvalue weighted by molar-refractivity contribution is -0.148. The molecule has 0 aliphatic rings. The second kappa shape index (κ2) is 5.14. The van der Waals surface area contributed by atoms with Crippen molar-refractivity contribution in [3.8, 4) is 10.8 Å². The Labute approximate surface area is 115 Å². The van der Waals surface area contributed by atoms with Crippen LogP contribution in [-0.4, -0.2) is 33.5 Å². The van der Waals surface area contributed by atoms with Crippen molar-refractivity contribution < 1.29 is 14.3 Å². The summed E-state index contributed by atoms with van der Waals surface area (Å²) >= 11 is 1.49. The van der Waals surface area contributed by atoms with Crippen molar-refractivity contribution in [1.82, 2.24) is 9.88 Å². The molecule has 102 valence electrons. The Kier molecular flexibility index (Phi) is 3.73. The zero-order valence-electron chi connectivity index (χ0n) is 11.1. The van der Waals surface area contributed by atoms with Gasteiger partial charge in [-0.05, 0) is 33.0 Å². The fourth-order valence-corrected chi connectivity index (χ4v) is 2.27. The maximum atomic E-state index is 11.2. The molecule has 0 atom stereocenters. The van der Waals surface area contributed by atoms with Crippen molar-refractivity contribution in [3.05, 3.63) is 29.5 Å². The smallest absolute Gasteiger partial charge is 0.323 e. The first-order valence-electron chi connectivity index (χ1n) is 5.84. The topological polar surface area (TPSA) is 66.6 Å². The van der Waals surface area contributed by atoms with Crippen LogP contribution >= 0.6 is 11.3 Å². The number of thiazole rings is 1. The number of aromatic nitrogens is 1. The van der Waals surface area contributed by atoms with Crippen molar-refractivity contribution >= 4 is 17.3 Å². The Bertz CT molecular complexity index is 560. The Morgan fingerprint density at radius 2 is 2.32 bits per heavy atom. The summed E-state index contributed by atoms with van der Waals surface area (Å²) in [6.07, 6.45) is 1.61. The van der Waals surface area contributed by atoms with Gasteiger partial charge in [0.05, 0.1) is 12.0 Å². The second-order valence-corrected chi connectivity index (χ2v) is 5.70. The van der Waals surface area contributed by atoms with Gasteiger partial charge >= 0.3 is 5.97 Å². The first-order chi connectivity index (χ1) is 8.91. The largest absolute Gasteiger partial charge is 0.480 e. The van der Waals surface area contributed by atoms with Crippen molar-refractivity contribution in [2.24, 2.45) is 0 Å². The minimum Gasteiger partial charge on any atom is -0.480 e. The molecule has 0 amide bonds. The molecule has 2 aromatic rings. The molecule has 0 fully saturated rings. The predicted octanol–water partition coefficient (Wildman–Crippen LogP) is 2.70. The van der Waals surface area contributed by atoms with E-state index < -0.39 is 11.5 Å². The van der Waals surface area contributed by atoms with Gasteiger partial charge in [-0.3, -0.25) is 9.69 Å². The van der Waals surface area contributed by atoms with Crippen LogP contribution in [-0.2, 0) is 11.3 Å². The lowest BCUT2D eigenvalue weighted by atomic mass is 10.0. The van der Waals surface area contributed by atoms with Crippen LogP contribution in [0.1, 0.15) is 19.5 Å². The fraction of sp³-hybridized carbons (Fsp3) is 0.385. The van der Waals surface area contributed by atoms with E-state index in [-0.39, 0.29) is 0 Å². The Morgan fingerprint density at radius 3 is 2.89 bits per heavy atom. The lowest BCUT2D eigenvalue weighted by Crippen LogP contribution is -2.47. The summed E-state index contributed by atoms with van der Waals surface area (Å²) in [7, 11) is 1.78. The summed E-state index contributed by atoms with van der Waals surface area (Å²) in [5, 5.41) is 11.9. The number of nitrogens with zero attached hydrogens (tertiary/aromatic N) is 2. The summed E-state index contributed by atoms with van der Waals surface area (Å²) in [6.45, 7) is 3.83. The van der Waals surface area contributed by atoms with Gasteiger partial charge in [0.2, 0.25) is 0 Å². The van der Waals surface area contributed by atoms with Crippen molar-refractivity contribution in [3.63, 3.8) is 0 Å². The molecule has 19 heavy (non-hydrogen) atoms. The lowest BCUT2D eigenvalue weighted by Gasteiger charge is -2.30. The Morgan fingerprint density at radius 1 is 1.58 bits per heavy atom. The molecule has 0 radical (unpaired) electrons. The number of rotatable bonds is 5. The molecule has 0 bridgehead atoms. The van der Waals surface area contributed by atoms with Gasteiger partial charge in [-0.1, -0.05) is 0 Å². The number of likely N-dealkylation sites (N-methyl/N-ethyl adjacent to an activating group) is 1. The average molecular weight is 280 g/mol. The van der Waals surface area contributed by atoms with Crippen LogP contribution in [0.4, 0.5) is 0 Å². The van der Waals surface area contributed by atoms with Crippen molar-refractivity contribution in [2.45, 2.75) is 25.9 Å². The molecule has 2 aromatic heterocycles. The van der Waals surface area contributed by atoms with Gasteiger partial charge in [-0.15, -0.1) is 11.3 Å². The number of carboxylic acid groups (broad SMARTS) is 1. The van der Waals surface area contributed by atoms with Crippen molar-refractivity contribution in [1.29, 1.82) is 0 Å². The van der Waals surface area contributed by atoms with Gasteiger partial charge in [-0.25, -0.2) is 4.98 Å². The quantitative estimate of drug-likeness (QED) is 0.912. The van der Waals surface area contributed by atoms with Gasteiger partial charge in [0.25, 0.3) is 0 Å². The number of furan rings is 1. The minimum atomic E-state index is -0.922. The van der Waals surface area contributed by atoms with Crippen LogP contribution in [0.3, 0.4) is 0 Å². The van der Waals surface area contributed by atoms with E-state index in [0.717, 1.165) is 16.5 Å². The SMILES string of the molecule is CN(Cc1csc(-c2ccco2)n1)C(C)(C)C(=O)O. The number of carbonyl (C=O) groups is 1. The summed E-state index contributed by atoms with van der Waals surface area (Å²) in [5.74, 6) is -0.118. The molecule has 0 unspecified atom stereocenters. The standard InChI is InChI=1S/C13H16N2O3S/c1-13(2,12(16)17)15(3)7-9-8-19-11(14-9)10-5-4-6-18-10/h4-6,8H,7H2,1-3H3,(H,16,17). The molecule has 6 heteroatoms. The van der Waals surface area contributed by atoms with E-state index in [1.54, 1.807) is 32.1 Å². The third-order valence-corrected chi connectivity index (χ3v) is 4.07. The highest BCUT2D eigenvalue weighted by molar-refractivity contribution is 7.13. The molecular formula is C13H16N2O3S. The summed E-state index contributed by atoms with van der Waals surface area (Å²) in [6, 6.07) is 3.67. The number of hydrogen-bond acceptors (Lipinski definition) is 5. The van der Waals surface area contributed by atoms with Gasteiger partial charge in [-0.2, -0.15) is 0 Å². The van der Waals surface area contributed by atoms with Crippen LogP contribution in [0, 0.1) is 0 Å².